The molecule has 0 saturated carbocycles. The van der Waals surface area contributed by atoms with Crippen LogP contribution in [0.3, 0.4) is 0 Å². The zero-order chi connectivity index (χ0) is 21.2. The average molecular weight is 394 g/mol. The minimum atomic E-state index is -0.939. The van der Waals surface area contributed by atoms with Gasteiger partial charge in [-0.05, 0) is 50.3 Å². The summed E-state index contributed by atoms with van der Waals surface area (Å²) in [5.74, 6) is 0.0120. The van der Waals surface area contributed by atoms with E-state index in [0.29, 0.717) is 37.0 Å². The molecule has 0 heterocycles. The maximum atomic E-state index is 12.9. The van der Waals surface area contributed by atoms with Crippen LogP contribution in [0.1, 0.15) is 70.7 Å². The molecule has 1 rings (SSSR count). The van der Waals surface area contributed by atoms with E-state index in [4.69, 9.17) is 14.2 Å². The Balaban J connectivity index is 3.04. The highest BCUT2D eigenvalue weighted by Crippen LogP contribution is 2.27. The summed E-state index contributed by atoms with van der Waals surface area (Å²) in [4.78, 5) is 25.1. The molecule has 0 radical (unpaired) electrons. The van der Waals surface area contributed by atoms with Crippen molar-refractivity contribution in [1.29, 1.82) is 0 Å². The van der Waals surface area contributed by atoms with E-state index >= 15 is 0 Å². The minimum Gasteiger partial charge on any atom is -0.493 e. The number of anilines is 1. The Hall–Kier alpha value is -2.08. The van der Waals surface area contributed by atoms with Gasteiger partial charge in [0.1, 0.15) is 16.9 Å². The Kier molecular flexibility index (Phi) is 10.0. The number of carbonyl (C=O) groups is 2. The average Bonchev–Trinajstić information content (AvgIpc) is 2.66. The van der Waals surface area contributed by atoms with E-state index in [2.05, 4.69) is 26.1 Å². The molecule has 1 amide bonds. The van der Waals surface area contributed by atoms with Crippen molar-refractivity contribution in [3.05, 3.63) is 23.8 Å². The van der Waals surface area contributed by atoms with Gasteiger partial charge in [-0.25, -0.2) is 4.79 Å². The molecule has 0 aromatic heterocycles. The van der Waals surface area contributed by atoms with Crippen LogP contribution >= 0.6 is 0 Å². The molecule has 1 aromatic carbocycles. The summed E-state index contributed by atoms with van der Waals surface area (Å²) in [6.45, 7) is 11.0. The van der Waals surface area contributed by atoms with Crippen molar-refractivity contribution in [1.82, 2.24) is 0 Å². The quantitative estimate of drug-likeness (QED) is 0.407. The Morgan fingerprint density at radius 3 is 2.43 bits per heavy atom. The molecule has 0 aliphatic heterocycles. The number of esters is 1. The number of benzene rings is 1. The van der Waals surface area contributed by atoms with Gasteiger partial charge in [0.05, 0.1) is 13.7 Å². The topological polar surface area (TPSA) is 73.9 Å². The van der Waals surface area contributed by atoms with Crippen LogP contribution in [0.5, 0.6) is 5.75 Å². The van der Waals surface area contributed by atoms with Gasteiger partial charge in [0, 0.05) is 12.3 Å². The first kappa shape index (κ1) is 24.0. The van der Waals surface area contributed by atoms with Gasteiger partial charge in [0.15, 0.2) is 0 Å². The van der Waals surface area contributed by atoms with E-state index in [1.165, 1.54) is 7.11 Å². The fourth-order valence-corrected chi connectivity index (χ4v) is 2.92. The second kappa shape index (κ2) is 11.7. The molecule has 1 atom stereocenters. The number of nitrogens with one attached hydrogen (secondary N) is 1. The molecule has 0 spiro atoms. The van der Waals surface area contributed by atoms with Gasteiger partial charge in [-0.15, -0.1) is 0 Å². The summed E-state index contributed by atoms with van der Waals surface area (Å²) in [5.41, 5.74) is -0.147. The van der Waals surface area contributed by atoms with E-state index in [1.807, 2.05) is 6.92 Å². The Morgan fingerprint density at radius 1 is 1.14 bits per heavy atom. The standard InChI is InChI=1S/C22H35NO5/c1-7-9-13-27-19-11-10-17(14-18(19)20(24)26-6)23-21(25)22(5,15-16(3)4)28-12-8-2/h10-11,14,16H,7-9,12-13,15H2,1-6H3,(H,23,25)/t22-/m1/s1. The third-order valence-electron chi connectivity index (χ3n) is 4.30. The first-order chi connectivity index (χ1) is 13.3. The molecule has 6 nitrogen and oxygen atoms in total. The molecule has 1 aromatic rings. The lowest BCUT2D eigenvalue weighted by Crippen LogP contribution is -2.44. The summed E-state index contributed by atoms with van der Waals surface area (Å²) in [5, 5.41) is 2.88. The number of hydrogen-bond donors (Lipinski definition) is 1. The molecule has 0 fully saturated rings. The van der Waals surface area contributed by atoms with Crippen LogP contribution in [-0.4, -0.2) is 37.8 Å². The van der Waals surface area contributed by atoms with Crippen LogP contribution in [-0.2, 0) is 14.3 Å². The summed E-state index contributed by atoms with van der Waals surface area (Å²) < 4.78 is 16.4. The van der Waals surface area contributed by atoms with Gasteiger partial charge < -0.3 is 19.5 Å². The summed E-state index contributed by atoms with van der Waals surface area (Å²) in [6, 6.07) is 4.99. The fourth-order valence-electron chi connectivity index (χ4n) is 2.92. The van der Waals surface area contributed by atoms with Crippen molar-refractivity contribution in [2.24, 2.45) is 5.92 Å². The Morgan fingerprint density at radius 2 is 1.86 bits per heavy atom. The summed E-state index contributed by atoms with van der Waals surface area (Å²) >= 11 is 0. The number of unbranched alkanes of at least 4 members (excludes halogenated alkanes) is 1. The third-order valence-corrected chi connectivity index (χ3v) is 4.30. The van der Waals surface area contributed by atoms with E-state index in [-0.39, 0.29) is 11.5 Å². The molecule has 0 bridgehead atoms. The van der Waals surface area contributed by atoms with Gasteiger partial charge in [0.2, 0.25) is 0 Å². The third kappa shape index (κ3) is 7.15. The van der Waals surface area contributed by atoms with Crippen LogP contribution in [0, 0.1) is 5.92 Å². The van der Waals surface area contributed by atoms with Gasteiger partial charge in [-0.1, -0.05) is 34.1 Å². The molecule has 1 N–H and O–H groups in total. The molecule has 0 saturated heterocycles. The lowest BCUT2D eigenvalue weighted by Gasteiger charge is -2.30. The van der Waals surface area contributed by atoms with Crippen molar-refractivity contribution in [2.75, 3.05) is 25.6 Å². The monoisotopic (exact) mass is 393 g/mol. The number of rotatable bonds is 12. The van der Waals surface area contributed by atoms with Crippen LogP contribution < -0.4 is 10.1 Å². The number of ether oxygens (including phenoxy) is 3. The zero-order valence-corrected chi connectivity index (χ0v) is 18.1. The largest absolute Gasteiger partial charge is 0.493 e. The van der Waals surface area contributed by atoms with Gasteiger partial charge in [-0.3, -0.25) is 4.79 Å². The van der Waals surface area contributed by atoms with Gasteiger partial charge >= 0.3 is 5.97 Å². The number of carbonyl (C=O) groups excluding carboxylic acids is 2. The smallest absolute Gasteiger partial charge is 0.341 e. The van der Waals surface area contributed by atoms with Crippen LogP contribution in [0.15, 0.2) is 18.2 Å². The maximum Gasteiger partial charge on any atom is 0.341 e. The molecule has 0 aliphatic rings. The molecule has 6 heteroatoms. The predicted molar refractivity (Wildman–Crippen MR) is 111 cm³/mol. The minimum absolute atomic E-state index is 0.231. The van der Waals surface area contributed by atoms with E-state index in [1.54, 1.807) is 25.1 Å². The van der Waals surface area contributed by atoms with Gasteiger partial charge in [-0.2, -0.15) is 0 Å². The first-order valence-corrected chi connectivity index (χ1v) is 10.1. The highest BCUT2D eigenvalue weighted by Gasteiger charge is 2.35. The first-order valence-electron chi connectivity index (χ1n) is 10.1. The maximum absolute atomic E-state index is 12.9. The molecule has 0 unspecified atom stereocenters. The van der Waals surface area contributed by atoms with Gasteiger partial charge in [0.25, 0.3) is 5.91 Å². The van der Waals surface area contributed by atoms with E-state index in [0.717, 1.165) is 19.3 Å². The van der Waals surface area contributed by atoms with Crippen LogP contribution in [0.2, 0.25) is 0 Å². The fraction of sp³-hybridized carbons (Fsp3) is 0.636. The Bertz CT molecular complexity index is 644. The molecule has 0 aliphatic carbocycles. The normalized spacial score (nSPS) is 13.1. The van der Waals surface area contributed by atoms with Crippen molar-refractivity contribution >= 4 is 17.6 Å². The van der Waals surface area contributed by atoms with Crippen LogP contribution in [0.25, 0.3) is 0 Å². The number of methoxy groups -OCH3 is 1. The van der Waals surface area contributed by atoms with E-state index < -0.39 is 11.6 Å². The zero-order valence-electron chi connectivity index (χ0n) is 18.1. The summed E-state index contributed by atoms with van der Waals surface area (Å²) in [7, 11) is 1.32. The molecule has 28 heavy (non-hydrogen) atoms. The SMILES string of the molecule is CCCCOc1ccc(NC(=O)[C@@](C)(CC(C)C)OCCC)cc1C(=O)OC. The molecular formula is C22H35NO5. The lowest BCUT2D eigenvalue weighted by atomic mass is 9.93. The number of amides is 1. The molecular weight excluding hydrogens is 358 g/mol. The lowest BCUT2D eigenvalue weighted by molar-refractivity contribution is -0.141. The molecule has 158 valence electrons. The van der Waals surface area contributed by atoms with E-state index in [9.17, 15) is 9.59 Å². The van der Waals surface area contributed by atoms with Crippen LogP contribution in [0.4, 0.5) is 5.69 Å². The van der Waals surface area contributed by atoms with Crippen molar-refractivity contribution < 1.29 is 23.8 Å². The number of hydrogen-bond acceptors (Lipinski definition) is 5. The predicted octanol–water partition coefficient (Wildman–Crippen LogP) is 4.82. The van der Waals surface area contributed by atoms with Crippen molar-refractivity contribution in [2.45, 2.75) is 65.9 Å². The highest BCUT2D eigenvalue weighted by atomic mass is 16.5. The highest BCUT2D eigenvalue weighted by molar-refractivity contribution is 5.99. The second-order valence-corrected chi connectivity index (χ2v) is 7.54. The Labute approximate surface area is 168 Å². The summed E-state index contributed by atoms with van der Waals surface area (Å²) in [6.07, 6.45) is 3.31. The van der Waals surface area contributed by atoms with Crippen molar-refractivity contribution in [3.8, 4) is 5.75 Å². The van der Waals surface area contributed by atoms with Crippen molar-refractivity contribution in [3.63, 3.8) is 0 Å². The second-order valence-electron chi connectivity index (χ2n) is 7.54.